The number of aromatic nitrogens is 1. The summed E-state index contributed by atoms with van der Waals surface area (Å²) < 4.78 is 5.62. The molecule has 1 aromatic heterocycles. The predicted molar refractivity (Wildman–Crippen MR) is 101 cm³/mol. The lowest BCUT2D eigenvalue weighted by atomic mass is 10.1. The lowest BCUT2D eigenvalue weighted by molar-refractivity contribution is -0.122. The largest absolute Gasteiger partial charge is 0.441 e. The zero-order valence-electron chi connectivity index (χ0n) is 16.1. The van der Waals surface area contributed by atoms with Gasteiger partial charge in [0.1, 0.15) is 12.3 Å². The lowest BCUT2D eigenvalue weighted by Gasteiger charge is -2.23. The highest BCUT2D eigenvalue weighted by atomic mass is 16.4. The topological polar surface area (TPSA) is 87.5 Å². The minimum Gasteiger partial charge on any atom is -0.441 e. The summed E-state index contributed by atoms with van der Waals surface area (Å²) in [4.78, 5) is 30.0. The van der Waals surface area contributed by atoms with E-state index in [0.717, 1.165) is 17.0 Å². The Kier molecular flexibility index (Phi) is 5.69. The monoisotopic (exact) mass is 358 g/mol. The molecular weight excluding hydrogens is 332 g/mol. The molecule has 26 heavy (non-hydrogen) atoms. The minimum absolute atomic E-state index is 0.0269. The van der Waals surface area contributed by atoms with Crippen molar-refractivity contribution in [1.29, 1.82) is 0 Å². The van der Waals surface area contributed by atoms with Crippen molar-refractivity contribution in [3.05, 3.63) is 35.7 Å². The minimum atomic E-state index is -0.369. The number of nitrogens with one attached hydrogen (secondary N) is 2. The van der Waals surface area contributed by atoms with Gasteiger partial charge in [0.15, 0.2) is 0 Å². The van der Waals surface area contributed by atoms with Gasteiger partial charge in [-0.3, -0.25) is 4.79 Å². The molecule has 140 valence electrons. The molecule has 0 aliphatic carbocycles. The summed E-state index contributed by atoms with van der Waals surface area (Å²) in [6, 6.07) is 6.86. The molecule has 0 aliphatic heterocycles. The van der Waals surface area contributed by atoms with E-state index in [-0.39, 0.29) is 24.0 Å². The van der Waals surface area contributed by atoms with Crippen molar-refractivity contribution < 1.29 is 14.0 Å². The Bertz CT molecular complexity index is 786. The van der Waals surface area contributed by atoms with Crippen molar-refractivity contribution in [3.8, 4) is 11.5 Å². The highest BCUT2D eigenvalue weighted by Crippen LogP contribution is 2.24. The van der Waals surface area contributed by atoms with Crippen molar-refractivity contribution >= 4 is 17.6 Å². The molecule has 0 bridgehead atoms. The third kappa shape index (κ3) is 5.34. The molecule has 7 heteroatoms. The molecule has 7 nitrogen and oxygen atoms in total. The van der Waals surface area contributed by atoms with Gasteiger partial charge in [-0.2, -0.15) is 0 Å². The number of hydrogen-bond acceptors (Lipinski definition) is 4. The SMILES string of the molecule is Cc1nc(-c2cccc(NC(=O)N(C)CC(=O)NC(C)(C)C)c2)oc1C. The van der Waals surface area contributed by atoms with E-state index in [1.54, 1.807) is 19.2 Å². The van der Waals surface area contributed by atoms with Gasteiger partial charge in [-0.15, -0.1) is 0 Å². The first kappa shape index (κ1) is 19.5. The number of likely N-dealkylation sites (N-methyl/N-ethyl adjacent to an activating group) is 1. The maximum atomic E-state index is 12.3. The van der Waals surface area contributed by atoms with Gasteiger partial charge in [-0.05, 0) is 52.8 Å². The Morgan fingerprint density at radius 2 is 1.92 bits per heavy atom. The van der Waals surface area contributed by atoms with E-state index in [2.05, 4.69) is 15.6 Å². The van der Waals surface area contributed by atoms with Crippen LogP contribution < -0.4 is 10.6 Å². The fourth-order valence-electron chi connectivity index (χ4n) is 2.29. The second-order valence-corrected chi connectivity index (χ2v) is 7.33. The molecule has 2 aromatic rings. The van der Waals surface area contributed by atoms with Crippen molar-refractivity contribution in [1.82, 2.24) is 15.2 Å². The van der Waals surface area contributed by atoms with Crippen LogP contribution in [0.25, 0.3) is 11.5 Å². The van der Waals surface area contributed by atoms with Gasteiger partial charge < -0.3 is 20.0 Å². The van der Waals surface area contributed by atoms with Gasteiger partial charge in [0.2, 0.25) is 11.8 Å². The van der Waals surface area contributed by atoms with Gasteiger partial charge >= 0.3 is 6.03 Å². The molecule has 0 unspecified atom stereocenters. The van der Waals surface area contributed by atoms with Crippen LogP contribution in [-0.4, -0.2) is 41.0 Å². The summed E-state index contributed by atoms with van der Waals surface area (Å²) in [7, 11) is 1.57. The van der Waals surface area contributed by atoms with Crippen molar-refractivity contribution in [2.24, 2.45) is 0 Å². The first-order valence-corrected chi connectivity index (χ1v) is 8.43. The zero-order valence-corrected chi connectivity index (χ0v) is 16.1. The average Bonchev–Trinajstić information content (AvgIpc) is 2.85. The van der Waals surface area contributed by atoms with E-state index in [4.69, 9.17) is 4.42 Å². The van der Waals surface area contributed by atoms with Crippen molar-refractivity contribution in [3.63, 3.8) is 0 Å². The van der Waals surface area contributed by atoms with E-state index in [0.29, 0.717) is 11.6 Å². The maximum Gasteiger partial charge on any atom is 0.322 e. The van der Waals surface area contributed by atoms with Gasteiger partial charge in [0.25, 0.3) is 0 Å². The Morgan fingerprint density at radius 1 is 1.23 bits per heavy atom. The molecular formula is C19H26N4O3. The molecule has 2 N–H and O–H groups in total. The number of anilines is 1. The number of carbonyl (C=O) groups excluding carboxylic acids is 2. The highest BCUT2D eigenvalue weighted by Gasteiger charge is 2.18. The average molecular weight is 358 g/mol. The molecule has 0 fully saturated rings. The number of oxazole rings is 1. The second kappa shape index (κ2) is 7.59. The molecule has 0 radical (unpaired) electrons. The standard InChI is InChI=1S/C19H26N4O3/c1-12-13(2)26-17(20-12)14-8-7-9-15(10-14)21-18(25)23(6)11-16(24)22-19(3,4)5/h7-10H,11H2,1-6H3,(H,21,25)(H,22,24). The molecule has 2 rings (SSSR count). The van der Waals surface area contributed by atoms with Crippen LogP contribution >= 0.6 is 0 Å². The van der Waals surface area contributed by atoms with Crippen LogP contribution in [0.15, 0.2) is 28.7 Å². The summed E-state index contributed by atoms with van der Waals surface area (Å²) >= 11 is 0. The Labute approximate surface area is 153 Å². The van der Waals surface area contributed by atoms with Crippen LogP contribution in [0, 0.1) is 13.8 Å². The van der Waals surface area contributed by atoms with E-state index in [1.165, 1.54) is 4.90 Å². The normalized spacial score (nSPS) is 11.2. The number of benzene rings is 1. The summed E-state index contributed by atoms with van der Waals surface area (Å²) in [5.41, 5.74) is 1.87. The first-order chi connectivity index (χ1) is 12.0. The van der Waals surface area contributed by atoms with E-state index < -0.39 is 0 Å². The summed E-state index contributed by atoms with van der Waals surface area (Å²) in [6.07, 6.45) is 0. The summed E-state index contributed by atoms with van der Waals surface area (Å²) in [5.74, 6) is 1.06. The third-order valence-corrected chi connectivity index (χ3v) is 3.63. The number of rotatable bonds is 4. The van der Waals surface area contributed by atoms with E-state index in [9.17, 15) is 9.59 Å². The Hall–Kier alpha value is -2.83. The molecule has 1 heterocycles. The molecule has 1 aromatic carbocycles. The molecule has 0 saturated carbocycles. The number of aryl methyl sites for hydroxylation is 2. The molecule has 0 atom stereocenters. The van der Waals surface area contributed by atoms with Gasteiger partial charge in [0.05, 0.1) is 5.69 Å². The second-order valence-electron chi connectivity index (χ2n) is 7.33. The Morgan fingerprint density at radius 3 is 2.50 bits per heavy atom. The number of carbonyl (C=O) groups is 2. The van der Waals surface area contributed by atoms with Crippen molar-refractivity contribution in [2.75, 3.05) is 18.9 Å². The molecule has 3 amide bonds. The van der Waals surface area contributed by atoms with Crippen LogP contribution in [-0.2, 0) is 4.79 Å². The third-order valence-electron chi connectivity index (χ3n) is 3.63. The number of urea groups is 1. The summed E-state index contributed by atoms with van der Waals surface area (Å²) in [5, 5.41) is 5.60. The first-order valence-electron chi connectivity index (χ1n) is 8.43. The van der Waals surface area contributed by atoms with Gasteiger partial charge in [-0.25, -0.2) is 9.78 Å². The Balaban J connectivity index is 2.02. The van der Waals surface area contributed by atoms with Crippen LogP contribution in [0.5, 0.6) is 0 Å². The molecule has 0 spiro atoms. The van der Waals surface area contributed by atoms with Crippen molar-refractivity contribution in [2.45, 2.75) is 40.2 Å². The quantitative estimate of drug-likeness (QED) is 0.877. The fraction of sp³-hybridized carbons (Fsp3) is 0.421. The van der Waals surface area contributed by atoms with E-state index >= 15 is 0 Å². The highest BCUT2D eigenvalue weighted by molar-refractivity contribution is 5.92. The molecule has 0 aliphatic rings. The maximum absolute atomic E-state index is 12.3. The predicted octanol–water partition coefficient (Wildman–Crippen LogP) is 3.34. The molecule has 0 saturated heterocycles. The number of nitrogens with zero attached hydrogens (tertiary/aromatic N) is 2. The number of hydrogen-bond donors (Lipinski definition) is 2. The lowest BCUT2D eigenvalue weighted by Crippen LogP contribution is -2.47. The van der Waals surface area contributed by atoms with Crippen LogP contribution in [0.3, 0.4) is 0 Å². The smallest absolute Gasteiger partial charge is 0.322 e. The van der Waals surface area contributed by atoms with Crippen LogP contribution in [0.1, 0.15) is 32.2 Å². The fourth-order valence-corrected chi connectivity index (χ4v) is 2.29. The van der Waals surface area contributed by atoms with Crippen LogP contribution in [0.4, 0.5) is 10.5 Å². The van der Waals surface area contributed by atoms with Crippen LogP contribution in [0.2, 0.25) is 0 Å². The zero-order chi connectivity index (χ0) is 19.5. The van der Waals surface area contributed by atoms with Gasteiger partial charge in [-0.1, -0.05) is 6.07 Å². The van der Waals surface area contributed by atoms with Gasteiger partial charge in [0, 0.05) is 23.8 Å². The van der Waals surface area contributed by atoms with E-state index in [1.807, 2.05) is 46.8 Å². The summed E-state index contributed by atoms with van der Waals surface area (Å²) in [6.45, 7) is 9.38. The number of amides is 3.